The van der Waals surface area contributed by atoms with Gasteiger partial charge in [-0.15, -0.1) is 0 Å². The maximum absolute atomic E-state index is 12.8. The van der Waals surface area contributed by atoms with Gasteiger partial charge in [0, 0.05) is 5.92 Å². The number of methoxy groups -OCH3 is 2. The average molecular weight is 356 g/mol. The zero-order chi connectivity index (χ0) is 18.8. The van der Waals surface area contributed by atoms with Crippen LogP contribution in [0.25, 0.3) is 11.1 Å². The Balaban J connectivity index is 1.91. The summed E-state index contributed by atoms with van der Waals surface area (Å²) in [6, 6.07) is 10.4. The number of nitrogens with two attached hydrogens (primary N) is 1. The summed E-state index contributed by atoms with van der Waals surface area (Å²) in [5, 5.41) is 0. The van der Waals surface area contributed by atoms with Gasteiger partial charge in [0.1, 0.15) is 5.52 Å². The van der Waals surface area contributed by atoms with E-state index in [1.807, 2.05) is 12.1 Å². The van der Waals surface area contributed by atoms with E-state index < -0.39 is 11.7 Å². The van der Waals surface area contributed by atoms with Gasteiger partial charge in [0.2, 0.25) is 5.91 Å². The molecule has 7 heteroatoms. The number of carbonyl (C=O) groups excluding carboxylic acids is 1. The summed E-state index contributed by atoms with van der Waals surface area (Å²) in [4.78, 5) is 25.0. The fourth-order valence-electron chi connectivity index (χ4n) is 2.94. The number of carbonyl (C=O) groups is 1. The minimum absolute atomic E-state index is 0.226. The monoisotopic (exact) mass is 356 g/mol. The van der Waals surface area contributed by atoms with Crippen molar-refractivity contribution in [3.63, 3.8) is 0 Å². The summed E-state index contributed by atoms with van der Waals surface area (Å²) in [6.07, 6.45) is 0.431. The molecule has 1 heterocycles. The van der Waals surface area contributed by atoms with Crippen molar-refractivity contribution in [1.29, 1.82) is 0 Å². The normalized spacial score (nSPS) is 12.1. The number of hydrogen-bond acceptors (Lipinski definition) is 6. The van der Waals surface area contributed by atoms with Crippen LogP contribution >= 0.6 is 0 Å². The van der Waals surface area contributed by atoms with Crippen LogP contribution in [0.1, 0.15) is 17.3 Å². The molecule has 0 fully saturated rings. The molecule has 0 bridgehead atoms. The highest BCUT2D eigenvalue weighted by Gasteiger charge is 2.23. The fourth-order valence-corrected chi connectivity index (χ4v) is 2.94. The first-order valence-electron chi connectivity index (χ1n) is 8.11. The van der Waals surface area contributed by atoms with Gasteiger partial charge >= 0.3 is 5.76 Å². The van der Waals surface area contributed by atoms with Crippen LogP contribution in [-0.4, -0.2) is 24.7 Å². The van der Waals surface area contributed by atoms with Crippen molar-refractivity contribution >= 4 is 22.7 Å². The molecule has 3 rings (SSSR count). The van der Waals surface area contributed by atoms with Crippen LogP contribution in [0.2, 0.25) is 0 Å². The molecule has 136 valence electrons. The molecule has 26 heavy (non-hydrogen) atoms. The number of para-hydroxylation sites is 1. The summed E-state index contributed by atoms with van der Waals surface area (Å²) < 4.78 is 16.7. The highest BCUT2D eigenvalue weighted by molar-refractivity contribution is 5.94. The van der Waals surface area contributed by atoms with Crippen LogP contribution < -0.4 is 21.0 Å². The molecule has 1 unspecified atom stereocenters. The largest absolute Gasteiger partial charge is 0.493 e. The predicted octanol–water partition coefficient (Wildman–Crippen LogP) is 2.71. The van der Waals surface area contributed by atoms with Crippen LogP contribution in [0.15, 0.2) is 45.6 Å². The summed E-state index contributed by atoms with van der Waals surface area (Å²) >= 11 is 0. The molecule has 0 aliphatic rings. The zero-order valence-corrected chi connectivity index (χ0v) is 14.8. The number of hydrogen-bond donors (Lipinski definition) is 1. The van der Waals surface area contributed by atoms with Gasteiger partial charge in [0.05, 0.1) is 19.9 Å². The molecule has 0 aliphatic carbocycles. The summed E-state index contributed by atoms with van der Waals surface area (Å²) in [5.41, 5.74) is 7.63. The van der Waals surface area contributed by atoms with E-state index in [9.17, 15) is 9.59 Å². The molecule has 2 aromatic carbocycles. The Morgan fingerprint density at radius 1 is 1.19 bits per heavy atom. The number of oxazole rings is 1. The van der Waals surface area contributed by atoms with E-state index in [1.54, 1.807) is 45.4 Å². The third-order valence-electron chi connectivity index (χ3n) is 4.27. The number of nitrogens with zero attached hydrogens (tertiary/aromatic N) is 1. The van der Waals surface area contributed by atoms with Gasteiger partial charge < -0.3 is 19.6 Å². The van der Waals surface area contributed by atoms with Gasteiger partial charge in [0.15, 0.2) is 17.1 Å². The molecule has 1 atom stereocenters. The number of nitrogen functional groups attached to an aromatic ring is 1. The lowest BCUT2D eigenvalue weighted by atomic mass is 9.99. The van der Waals surface area contributed by atoms with E-state index in [0.29, 0.717) is 29.1 Å². The first kappa shape index (κ1) is 17.6. The Bertz CT molecular complexity index is 1020. The molecule has 0 spiro atoms. The van der Waals surface area contributed by atoms with E-state index in [-0.39, 0.29) is 11.5 Å². The Kier molecular flexibility index (Phi) is 4.71. The van der Waals surface area contributed by atoms with Crippen molar-refractivity contribution in [2.75, 3.05) is 20.0 Å². The first-order valence-corrected chi connectivity index (χ1v) is 8.11. The Labute approximate surface area is 149 Å². The van der Waals surface area contributed by atoms with Crippen molar-refractivity contribution in [1.82, 2.24) is 4.57 Å². The van der Waals surface area contributed by atoms with Crippen molar-refractivity contribution < 1.29 is 18.7 Å². The van der Waals surface area contributed by atoms with E-state index in [0.717, 1.165) is 10.1 Å². The summed E-state index contributed by atoms with van der Waals surface area (Å²) in [6.45, 7) is 1.76. The Morgan fingerprint density at radius 3 is 2.62 bits per heavy atom. The minimum atomic E-state index is -0.734. The van der Waals surface area contributed by atoms with Gasteiger partial charge in [-0.2, -0.15) is 0 Å². The van der Waals surface area contributed by atoms with E-state index >= 15 is 0 Å². The number of anilines is 1. The molecular weight excluding hydrogens is 336 g/mol. The second kappa shape index (κ2) is 6.95. The lowest BCUT2D eigenvalue weighted by Crippen LogP contribution is -2.28. The first-order chi connectivity index (χ1) is 12.5. The number of benzene rings is 2. The number of aromatic nitrogens is 1. The topological polar surface area (TPSA) is 96.7 Å². The van der Waals surface area contributed by atoms with Gasteiger partial charge in [0.25, 0.3) is 0 Å². The lowest BCUT2D eigenvalue weighted by molar-refractivity contribution is 0.0840. The summed E-state index contributed by atoms with van der Waals surface area (Å²) in [7, 11) is 3.11. The highest BCUT2D eigenvalue weighted by atomic mass is 16.5. The molecule has 3 aromatic rings. The number of rotatable bonds is 5. The van der Waals surface area contributed by atoms with E-state index in [2.05, 4.69) is 0 Å². The van der Waals surface area contributed by atoms with Gasteiger partial charge in [-0.05, 0) is 36.2 Å². The molecule has 0 aliphatic heterocycles. The molecule has 2 N–H and O–H groups in total. The zero-order valence-electron chi connectivity index (χ0n) is 14.8. The maximum atomic E-state index is 12.8. The molecular formula is C19H20N2O5. The predicted molar refractivity (Wildman–Crippen MR) is 97.9 cm³/mol. The second-order valence-corrected chi connectivity index (χ2v) is 6.03. The Hall–Kier alpha value is -3.22. The van der Waals surface area contributed by atoms with E-state index in [4.69, 9.17) is 19.6 Å². The van der Waals surface area contributed by atoms with E-state index in [1.165, 1.54) is 0 Å². The van der Waals surface area contributed by atoms with Crippen LogP contribution in [-0.2, 0) is 6.42 Å². The van der Waals surface area contributed by atoms with Crippen LogP contribution in [0, 0.1) is 5.92 Å². The van der Waals surface area contributed by atoms with Crippen molar-refractivity contribution in [2.24, 2.45) is 5.92 Å². The van der Waals surface area contributed by atoms with Gasteiger partial charge in [-0.3, -0.25) is 4.79 Å². The molecule has 1 aromatic heterocycles. The van der Waals surface area contributed by atoms with Crippen LogP contribution in [0.5, 0.6) is 11.5 Å². The van der Waals surface area contributed by atoms with Gasteiger partial charge in [-0.1, -0.05) is 19.1 Å². The molecule has 0 saturated heterocycles. The average Bonchev–Trinajstić information content (AvgIpc) is 2.98. The van der Waals surface area contributed by atoms with Crippen molar-refractivity contribution in [3.8, 4) is 11.5 Å². The van der Waals surface area contributed by atoms with Gasteiger partial charge in [-0.25, -0.2) is 9.36 Å². The number of ether oxygens (including phenoxy) is 2. The quantitative estimate of drug-likeness (QED) is 0.706. The van der Waals surface area contributed by atoms with Crippen LogP contribution in [0.3, 0.4) is 0 Å². The maximum Gasteiger partial charge on any atom is 0.426 e. The fraction of sp³-hybridized carbons (Fsp3) is 0.263. The SMILES string of the molecule is COc1ccc(CC(C)C(=O)n2c(=O)oc3c(N)cccc32)cc1OC. The third-order valence-corrected chi connectivity index (χ3v) is 4.27. The summed E-state index contributed by atoms with van der Waals surface area (Å²) in [5.74, 6) is -0.338. The highest BCUT2D eigenvalue weighted by Crippen LogP contribution is 2.29. The third kappa shape index (κ3) is 3.03. The minimum Gasteiger partial charge on any atom is -0.493 e. The Morgan fingerprint density at radius 2 is 1.92 bits per heavy atom. The van der Waals surface area contributed by atoms with Crippen molar-refractivity contribution in [2.45, 2.75) is 13.3 Å². The smallest absolute Gasteiger partial charge is 0.426 e. The van der Waals surface area contributed by atoms with Crippen LogP contribution in [0.4, 0.5) is 5.69 Å². The molecule has 0 radical (unpaired) electrons. The molecule has 0 saturated carbocycles. The second-order valence-electron chi connectivity index (χ2n) is 6.03. The molecule has 0 amide bonds. The lowest BCUT2D eigenvalue weighted by Gasteiger charge is -2.13. The molecule has 7 nitrogen and oxygen atoms in total. The number of fused-ring (bicyclic) bond motifs is 1. The van der Waals surface area contributed by atoms with Crippen molar-refractivity contribution in [3.05, 3.63) is 52.5 Å². The standard InChI is InChI=1S/C19H20N2O5/c1-11(9-12-7-8-15(24-2)16(10-12)25-3)18(22)21-14-6-4-5-13(20)17(14)26-19(21)23/h4-8,10-11H,9,20H2,1-3H3.